The Morgan fingerprint density at radius 2 is 1.42 bits per heavy atom. The van der Waals surface area contributed by atoms with Gasteiger partial charge in [0.15, 0.2) is 5.96 Å². The number of hydrogen-bond acceptors (Lipinski definition) is 8. The van der Waals surface area contributed by atoms with Crippen LogP contribution in [-0.2, 0) is 28.8 Å². The zero-order valence-corrected chi connectivity index (χ0v) is 20.2. The Bertz CT molecular complexity index is 844. The first kappa shape index (κ1) is 32.0. The Labute approximate surface area is 207 Å². The normalized spacial score (nSPS) is 14.0. The third-order valence-corrected chi connectivity index (χ3v) is 4.85. The number of carboxylic acid groups (broad SMARTS) is 2. The van der Waals surface area contributed by atoms with Gasteiger partial charge in [0, 0.05) is 13.0 Å². The first-order chi connectivity index (χ1) is 16.6. The number of carbonyl (C=O) groups excluding carboxylic acids is 4. The summed E-state index contributed by atoms with van der Waals surface area (Å²) < 4.78 is 0. The molecule has 4 unspecified atom stereocenters. The highest BCUT2D eigenvalue weighted by atomic mass is 16.4. The summed E-state index contributed by atoms with van der Waals surface area (Å²) >= 11 is 0. The topological polar surface area (TPSA) is 295 Å². The summed E-state index contributed by atoms with van der Waals surface area (Å²) in [5.41, 5.74) is 21.3. The van der Waals surface area contributed by atoms with E-state index in [1.165, 1.54) is 0 Å². The van der Waals surface area contributed by atoms with Gasteiger partial charge in [0.25, 0.3) is 0 Å². The molecule has 0 aromatic heterocycles. The first-order valence-corrected chi connectivity index (χ1v) is 11.1. The third kappa shape index (κ3) is 13.1. The molecule has 0 spiro atoms. The predicted octanol–water partition coefficient (Wildman–Crippen LogP) is -3.70. The highest BCUT2D eigenvalue weighted by molar-refractivity contribution is 5.95. The maximum atomic E-state index is 13.0. The van der Waals surface area contributed by atoms with Crippen LogP contribution >= 0.6 is 0 Å². The lowest BCUT2D eigenvalue weighted by molar-refractivity contribution is -0.144. The molecule has 0 aliphatic carbocycles. The number of nitrogens with two attached hydrogens (primary N) is 4. The second-order valence-electron chi connectivity index (χ2n) is 8.35. The summed E-state index contributed by atoms with van der Waals surface area (Å²) in [6.07, 6.45) is -0.902. The van der Waals surface area contributed by atoms with Crippen molar-refractivity contribution in [1.82, 2.24) is 16.0 Å². The zero-order chi connectivity index (χ0) is 28.0. The molecule has 16 heteroatoms. The fourth-order valence-electron chi connectivity index (χ4n) is 2.91. The Balaban J connectivity index is 5.55. The molecule has 0 aromatic carbocycles. The van der Waals surface area contributed by atoms with Crippen LogP contribution in [0.4, 0.5) is 0 Å². The number of nitrogens with one attached hydrogen (secondary N) is 3. The molecular formula is C20H36N8O8. The van der Waals surface area contributed by atoms with Crippen molar-refractivity contribution < 1.29 is 39.0 Å². The summed E-state index contributed by atoms with van der Waals surface area (Å²) in [6, 6.07) is -5.23. The van der Waals surface area contributed by atoms with Crippen LogP contribution in [0.5, 0.6) is 0 Å². The van der Waals surface area contributed by atoms with Crippen LogP contribution in [0.1, 0.15) is 46.0 Å². The van der Waals surface area contributed by atoms with E-state index in [0.717, 1.165) is 0 Å². The van der Waals surface area contributed by atoms with Gasteiger partial charge in [0.05, 0.1) is 12.5 Å². The molecule has 0 aliphatic rings. The fourth-order valence-corrected chi connectivity index (χ4v) is 2.91. The monoisotopic (exact) mass is 516 g/mol. The smallest absolute Gasteiger partial charge is 0.326 e. The van der Waals surface area contributed by atoms with Crippen molar-refractivity contribution >= 4 is 41.5 Å². The number of aliphatic imine (C=N–C) groups is 1. The second-order valence-corrected chi connectivity index (χ2v) is 8.35. The number of hydrogen-bond donors (Lipinski definition) is 9. The lowest BCUT2D eigenvalue weighted by Crippen LogP contribution is -2.58. The number of primary amides is 1. The Morgan fingerprint density at radius 1 is 0.833 bits per heavy atom. The molecule has 0 saturated heterocycles. The maximum Gasteiger partial charge on any atom is 0.326 e. The number of rotatable bonds is 17. The lowest BCUT2D eigenvalue weighted by atomic mass is 10.0. The van der Waals surface area contributed by atoms with Crippen molar-refractivity contribution in [2.24, 2.45) is 33.8 Å². The van der Waals surface area contributed by atoms with Gasteiger partial charge in [-0.25, -0.2) is 4.79 Å². The summed E-state index contributed by atoms with van der Waals surface area (Å²) in [5.74, 6) is -6.72. The van der Waals surface area contributed by atoms with E-state index in [4.69, 9.17) is 28.0 Å². The highest BCUT2D eigenvalue weighted by Crippen LogP contribution is 2.07. The van der Waals surface area contributed by atoms with Gasteiger partial charge in [-0.3, -0.25) is 29.0 Å². The van der Waals surface area contributed by atoms with E-state index >= 15 is 0 Å². The van der Waals surface area contributed by atoms with Crippen LogP contribution in [0.3, 0.4) is 0 Å². The molecule has 13 N–H and O–H groups in total. The molecule has 0 saturated carbocycles. The minimum absolute atomic E-state index is 0.0336. The molecule has 4 atom stereocenters. The maximum absolute atomic E-state index is 13.0. The molecule has 36 heavy (non-hydrogen) atoms. The van der Waals surface area contributed by atoms with Gasteiger partial charge in [-0.15, -0.1) is 0 Å². The number of amides is 4. The SMILES string of the molecule is CC(C)C(NC(=O)C(CCCN=C(N)N)NC(=O)C(N)CCC(=O)O)C(=O)NC(CC(N)=O)C(=O)O. The molecular weight excluding hydrogens is 480 g/mol. The van der Waals surface area contributed by atoms with Crippen LogP contribution in [-0.4, -0.2) is 82.5 Å². The van der Waals surface area contributed by atoms with E-state index < -0.39 is 72.1 Å². The minimum atomic E-state index is -1.60. The van der Waals surface area contributed by atoms with Gasteiger partial charge >= 0.3 is 11.9 Å². The molecule has 0 bridgehead atoms. The molecule has 0 aliphatic heterocycles. The summed E-state index contributed by atoms with van der Waals surface area (Å²) in [7, 11) is 0. The fraction of sp³-hybridized carbons (Fsp3) is 0.650. The van der Waals surface area contributed by atoms with Crippen molar-refractivity contribution in [3.8, 4) is 0 Å². The molecule has 0 rings (SSSR count). The van der Waals surface area contributed by atoms with Crippen LogP contribution in [0, 0.1) is 5.92 Å². The quantitative estimate of drug-likeness (QED) is 0.0514. The first-order valence-electron chi connectivity index (χ1n) is 11.1. The molecule has 0 aromatic rings. The largest absolute Gasteiger partial charge is 0.481 e. The Kier molecular flexibility index (Phi) is 14.1. The van der Waals surface area contributed by atoms with Gasteiger partial charge < -0.3 is 49.1 Å². The summed E-state index contributed by atoms with van der Waals surface area (Å²) in [5, 5.41) is 25.0. The average molecular weight is 517 g/mol. The van der Waals surface area contributed by atoms with Gasteiger partial charge in [0.1, 0.15) is 18.1 Å². The summed E-state index contributed by atoms with van der Waals surface area (Å²) in [4.78, 5) is 75.1. The molecule has 4 amide bonds. The highest BCUT2D eigenvalue weighted by Gasteiger charge is 2.32. The van der Waals surface area contributed by atoms with E-state index in [-0.39, 0.29) is 38.2 Å². The lowest BCUT2D eigenvalue weighted by Gasteiger charge is -2.27. The van der Waals surface area contributed by atoms with Crippen LogP contribution in [0.2, 0.25) is 0 Å². The van der Waals surface area contributed by atoms with Gasteiger partial charge in [-0.05, 0) is 25.2 Å². The Morgan fingerprint density at radius 3 is 1.89 bits per heavy atom. The number of nitrogens with zero attached hydrogens (tertiary/aromatic N) is 1. The number of guanidine groups is 1. The van der Waals surface area contributed by atoms with Crippen molar-refractivity contribution in [3.63, 3.8) is 0 Å². The zero-order valence-electron chi connectivity index (χ0n) is 20.2. The number of aliphatic carboxylic acids is 2. The predicted molar refractivity (Wildman–Crippen MR) is 127 cm³/mol. The van der Waals surface area contributed by atoms with Crippen molar-refractivity contribution in [3.05, 3.63) is 0 Å². The van der Waals surface area contributed by atoms with Crippen molar-refractivity contribution in [2.45, 2.75) is 70.1 Å². The summed E-state index contributed by atoms with van der Waals surface area (Å²) in [6.45, 7) is 3.31. The van der Waals surface area contributed by atoms with E-state index in [1.54, 1.807) is 13.8 Å². The average Bonchev–Trinajstić information content (AvgIpc) is 2.75. The van der Waals surface area contributed by atoms with E-state index in [2.05, 4.69) is 20.9 Å². The van der Waals surface area contributed by atoms with E-state index in [1.807, 2.05) is 0 Å². The van der Waals surface area contributed by atoms with Crippen molar-refractivity contribution in [1.29, 1.82) is 0 Å². The van der Waals surface area contributed by atoms with Crippen molar-refractivity contribution in [2.75, 3.05) is 6.54 Å². The molecule has 0 radical (unpaired) electrons. The van der Waals surface area contributed by atoms with Crippen LogP contribution in [0.15, 0.2) is 4.99 Å². The third-order valence-electron chi connectivity index (χ3n) is 4.85. The van der Waals surface area contributed by atoms with Gasteiger partial charge in [0.2, 0.25) is 23.6 Å². The van der Waals surface area contributed by atoms with Gasteiger partial charge in [-0.2, -0.15) is 0 Å². The minimum Gasteiger partial charge on any atom is -0.481 e. The molecule has 0 heterocycles. The van der Waals surface area contributed by atoms with Crippen LogP contribution < -0.4 is 38.9 Å². The van der Waals surface area contributed by atoms with E-state index in [0.29, 0.717) is 0 Å². The molecule has 0 fully saturated rings. The number of carboxylic acids is 2. The van der Waals surface area contributed by atoms with Gasteiger partial charge in [-0.1, -0.05) is 13.8 Å². The van der Waals surface area contributed by atoms with E-state index in [9.17, 15) is 33.9 Å². The Hall–Kier alpha value is -3.95. The second kappa shape index (κ2) is 15.9. The standard InChI is InChI=1S/C20H36N8O8/c1-9(2)15(18(34)27-12(19(35)36)8-13(22)29)28-17(33)11(4-3-7-25-20(23)24)26-16(32)10(21)5-6-14(30)31/h9-12,15H,3-8,21H2,1-2H3,(H2,22,29)(H,26,32)(H,27,34)(H,28,33)(H,30,31)(H,35,36)(H4,23,24,25). The van der Waals surface area contributed by atoms with Crippen LogP contribution in [0.25, 0.3) is 0 Å². The molecule has 16 nitrogen and oxygen atoms in total. The number of carbonyl (C=O) groups is 6. The molecule has 204 valence electrons.